The van der Waals surface area contributed by atoms with Crippen molar-refractivity contribution in [2.24, 2.45) is 0 Å². The molecule has 1 aromatic carbocycles. The Morgan fingerprint density at radius 1 is 1.27 bits per heavy atom. The number of benzene rings is 1. The molecule has 0 aliphatic heterocycles. The van der Waals surface area contributed by atoms with E-state index < -0.39 is 24.5 Å². The van der Waals surface area contributed by atoms with Gasteiger partial charge in [0.1, 0.15) is 11.3 Å². The summed E-state index contributed by atoms with van der Waals surface area (Å²) in [4.78, 5) is 34.6. The summed E-state index contributed by atoms with van der Waals surface area (Å²) in [6.07, 6.45) is 2.70. The third kappa shape index (κ3) is 3.42. The smallest absolute Gasteiger partial charge is 0.339 e. The van der Waals surface area contributed by atoms with Crippen LogP contribution in [0.15, 0.2) is 21.3 Å². The van der Waals surface area contributed by atoms with Gasteiger partial charge in [-0.25, -0.2) is 4.79 Å². The molecule has 0 saturated heterocycles. The Labute approximate surface area is 150 Å². The molecule has 138 valence electrons. The van der Waals surface area contributed by atoms with Gasteiger partial charge in [0.2, 0.25) is 0 Å². The minimum Gasteiger partial charge on any atom is -0.548 e. The van der Waals surface area contributed by atoms with Gasteiger partial charge < -0.3 is 24.4 Å². The number of carboxylic acid groups (broad SMARTS) is 1. The van der Waals surface area contributed by atoms with E-state index in [0.29, 0.717) is 16.9 Å². The fourth-order valence-electron chi connectivity index (χ4n) is 3.30. The van der Waals surface area contributed by atoms with Crippen LogP contribution in [0.25, 0.3) is 11.0 Å². The van der Waals surface area contributed by atoms with Crippen molar-refractivity contribution in [3.63, 3.8) is 0 Å². The fraction of sp³-hybridized carbons (Fsp3) is 0.421. The first-order chi connectivity index (χ1) is 12.4. The van der Waals surface area contributed by atoms with Gasteiger partial charge in [0, 0.05) is 16.5 Å². The lowest BCUT2D eigenvalue weighted by atomic mass is 9.90. The Kier molecular flexibility index (Phi) is 4.97. The van der Waals surface area contributed by atoms with Crippen molar-refractivity contribution in [1.82, 2.24) is 5.32 Å². The predicted molar refractivity (Wildman–Crippen MR) is 92.0 cm³/mol. The number of nitrogens with one attached hydrogen (secondary N) is 1. The summed E-state index contributed by atoms with van der Waals surface area (Å²) in [6, 6.07) is 3.59. The normalized spacial score (nSPS) is 14.5. The second kappa shape index (κ2) is 7.19. The van der Waals surface area contributed by atoms with Gasteiger partial charge in [-0.3, -0.25) is 4.79 Å². The number of aliphatic carboxylic acids is 1. The van der Waals surface area contributed by atoms with E-state index in [1.54, 1.807) is 13.0 Å². The number of carbonyl (C=O) groups is 2. The highest BCUT2D eigenvalue weighted by atomic mass is 16.5. The zero-order valence-electron chi connectivity index (χ0n) is 14.7. The van der Waals surface area contributed by atoms with Gasteiger partial charge in [0.25, 0.3) is 5.91 Å². The van der Waals surface area contributed by atoms with Crippen LogP contribution >= 0.6 is 0 Å². The molecule has 7 heteroatoms. The van der Waals surface area contributed by atoms with Crippen LogP contribution in [-0.4, -0.2) is 24.5 Å². The molecule has 0 saturated carbocycles. The van der Waals surface area contributed by atoms with E-state index in [-0.39, 0.29) is 5.63 Å². The number of aryl methyl sites for hydroxylation is 2. The minimum absolute atomic E-state index is 0.313. The molecule has 26 heavy (non-hydrogen) atoms. The highest BCUT2D eigenvalue weighted by Crippen LogP contribution is 2.32. The van der Waals surface area contributed by atoms with Crippen molar-refractivity contribution in [3.8, 4) is 5.75 Å². The maximum Gasteiger partial charge on any atom is 0.339 e. The lowest BCUT2D eigenvalue weighted by Crippen LogP contribution is -2.43. The predicted octanol–water partition coefficient (Wildman–Crippen LogP) is 0.614. The summed E-state index contributed by atoms with van der Waals surface area (Å²) in [7, 11) is 0. The van der Waals surface area contributed by atoms with Gasteiger partial charge >= 0.3 is 5.63 Å². The summed E-state index contributed by atoms with van der Waals surface area (Å²) in [5, 5.41) is 13.5. The average molecular weight is 358 g/mol. The highest BCUT2D eigenvalue weighted by Gasteiger charge is 2.21. The molecule has 0 spiro atoms. The minimum atomic E-state index is -1.38. The van der Waals surface area contributed by atoms with E-state index >= 15 is 0 Å². The topological polar surface area (TPSA) is 109 Å². The van der Waals surface area contributed by atoms with Crippen LogP contribution in [0.1, 0.15) is 36.5 Å². The molecule has 2 aromatic rings. The van der Waals surface area contributed by atoms with Crippen LogP contribution < -0.4 is 20.8 Å². The standard InChI is InChI=1S/C19H21NO6/c1-10-15(25-11(2)18(23)20-9-16(21)22)8-7-13-12-5-3-4-6-14(12)19(24)26-17(10)13/h7-8,11H,3-6,9H2,1-2H3,(H,20,23)(H,21,22)/p-1/t11-/m0/s1. The Balaban J connectivity index is 1.91. The average Bonchev–Trinajstić information content (AvgIpc) is 2.62. The van der Waals surface area contributed by atoms with Crippen LogP contribution in [0.3, 0.4) is 0 Å². The molecular weight excluding hydrogens is 338 g/mol. The number of carboxylic acids is 1. The molecule has 1 aliphatic rings. The molecule has 1 aromatic heterocycles. The highest BCUT2D eigenvalue weighted by molar-refractivity contribution is 5.87. The molecule has 1 atom stereocenters. The van der Waals surface area contributed by atoms with E-state index in [1.807, 2.05) is 6.07 Å². The summed E-state index contributed by atoms with van der Waals surface area (Å²) >= 11 is 0. The Hall–Kier alpha value is -2.83. The number of carbonyl (C=O) groups excluding carboxylic acids is 2. The SMILES string of the molecule is Cc1c(O[C@@H](C)C(=O)NCC(=O)[O-])ccc2c3c(c(=O)oc12)CCCC3. The van der Waals surface area contributed by atoms with Gasteiger partial charge in [-0.05, 0) is 57.2 Å². The van der Waals surface area contributed by atoms with Gasteiger partial charge in [0.15, 0.2) is 6.10 Å². The first-order valence-electron chi connectivity index (χ1n) is 8.61. The van der Waals surface area contributed by atoms with Crippen molar-refractivity contribution in [3.05, 3.63) is 39.2 Å². The van der Waals surface area contributed by atoms with E-state index in [1.165, 1.54) is 6.92 Å². The first-order valence-corrected chi connectivity index (χ1v) is 8.61. The van der Waals surface area contributed by atoms with E-state index in [2.05, 4.69) is 5.32 Å². The number of ether oxygens (including phenoxy) is 1. The maximum atomic E-state index is 12.3. The fourth-order valence-corrected chi connectivity index (χ4v) is 3.30. The van der Waals surface area contributed by atoms with Crippen LogP contribution in [0, 0.1) is 6.92 Å². The molecule has 1 aliphatic carbocycles. The van der Waals surface area contributed by atoms with Crippen molar-refractivity contribution in [2.45, 2.75) is 45.6 Å². The second-order valence-electron chi connectivity index (χ2n) is 6.47. The summed E-state index contributed by atoms with van der Waals surface area (Å²) in [6.45, 7) is 2.70. The number of hydrogen-bond acceptors (Lipinski definition) is 6. The van der Waals surface area contributed by atoms with E-state index in [4.69, 9.17) is 9.15 Å². The van der Waals surface area contributed by atoms with Crippen LogP contribution in [0.2, 0.25) is 0 Å². The molecule has 0 unspecified atom stereocenters. The quantitative estimate of drug-likeness (QED) is 0.785. The molecule has 0 bridgehead atoms. The molecule has 1 heterocycles. The van der Waals surface area contributed by atoms with Crippen molar-refractivity contribution < 1.29 is 23.8 Å². The first kappa shape index (κ1) is 18.0. The lowest BCUT2D eigenvalue weighted by molar-refractivity contribution is -0.304. The zero-order valence-corrected chi connectivity index (χ0v) is 14.7. The van der Waals surface area contributed by atoms with Crippen LogP contribution in [0.4, 0.5) is 0 Å². The number of fused-ring (bicyclic) bond motifs is 3. The summed E-state index contributed by atoms with van der Waals surface area (Å²) in [5.74, 6) is -1.54. The molecular formula is C19H20NO6-. The Morgan fingerprint density at radius 3 is 2.65 bits per heavy atom. The lowest BCUT2D eigenvalue weighted by Gasteiger charge is -2.19. The second-order valence-corrected chi connectivity index (χ2v) is 6.47. The zero-order chi connectivity index (χ0) is 18.8. The molecule has 0 radical (unpaired) electrons. The largest absolute Gasteiger partial charge is 0.548 e. The Bertz CT molecular complexity index is 930. The molecule has 1 amide bonds. The Morgan fingerprint density at radius 2 is 1.96 bits per heavy atom. The number of hydrogen-bond donors (Lipinski definition) is 1. The molecule has 7 nitrogen and oxygen atoms in total. The van der Waals surface area contributed by atoms with Gasteiger partial charge in [-0.2, -0.15) is 0 Å². The van der Waals surface area contributed by atoms with Crippen LogP contribution in [0.5, 0.6) is 5.75 Å². The van der Waals surface area contributed by atoms with E-state index in [0.717, 1.165) is 42.2 Å². The maximum absolute atomic E-state index is 12.3. The van der Waals surface area contributed by atoms with Gasteiger partial charge in [-0.15, -0.1) is 0 Å². The van der Waals surface area contributed by atoms with Crippen molar-refractivity contribution in [2.75, 3.05) is 6.54 Å². The number of rotatable bonds is 5. The summed E-state index contributed by atoms with van der Waals surface area (Å²) < 4.78 is 11.2. The number of amides is 1. The van der Waals surface area contributed by atoms with Crippen molar-refractivity contribution in [1.29, 1.82) is 0 Å². The molecule has 1 N–H and O–H groups in total. The van der Waals surface area contributed by atoms with E-state index in [9.17, 15) is 19.5 Å². The van der Waals surface area contributed by atoms with Crippen molar-refractivity contribution >= 4 is 22.8 Å². The molecule has 3 rings (SSSR count). The third-order valence-corrected chi connectivity index (χ3v) is 4.67. The molecule has 0 fully saturated rings. The third-order valence-electron chi connectivity index (χ3n) is 4.67. The van der Waals surface area contributed by atoms with Gasteiger partial charge in [-0.1, -0.05) is 0 Å². The summed E-state index contributed by atoms with van der Waals surface area (Å²) in [5.41, 5.74) is 2.58. The van der Waals surface area contributed by atoms with Gasteiger partial charge in [0.05, 0.1) is 12.5 Å². The van der Waals surface area contributed by atoms with Crippen LogP contribution in [-0.2, 0) is 22.4 Å². The monoisotopic (exact) mass is 358 g/mol.